The number of fused-ring (bicyclic) bond motifs is 1. The van der Waals surface area contributed by atoms with Gasteiger partial charge in [0.05, 0.1) is 38.2 Å². The molecule has 0 bridgehead atoms. The summed E-state index contributed by atoms with van der Waals surface area (Å²) in [4.78, 5) is 41.9. The second kappa shape index (κ2) is 12.8. The molecule has 11 nitrogen and oxygen atoms in total. The summed E-state index contributed by atoms with van der Waals surface area (Å²) in [7, 11) is 2.21. The maximum absolute atomic E-state index is 15.1. The zero-order valence-electron chi connectivity index (χ0n) is 23.4. The summed E-state index contributed by atoms with van der Waals surface area (Å²) in [5.74, 6) is -5.72. The maximum atomic E-state index is 15.1. The number of aromatic nitrogens is 4. The highest BCUT2D eigenvalue weighted by molar-refractivity contribution is 6.11. The van der Waals surface area contributed by atoms with E-state index in [1.54, 1.807) is 6.92 Å². The lowest BCUT2D eigenvalue weighted by Crippen LogP contribution is -2.17. The van der Waals surface area contributed by atoms with Crippen molar-refractivity contribution >= 4 is 45.7 Å². The Labute approximate surface area is 246 Å². The lowest BCUT2D eigenvalue weighted by atomic mass is 10.0. The number of alkyl halides is 3. The number of hydrogen-bond donors (Lipinski definition) is 3. The van der Waals surface area contributed by atoms with E-state index in [1.165, 1.54) is 18.6 Å². The number of rotatable bonds is 11. The minimum Gasteiger partial charge on any atom is -0.494 e. The molecule has 0 saturated heterocycles. The Morgan fingerprint density at radius 3 is 2.32 bits per heavy atom. The number of halogens is 5. The fourth-order valence-electron chi connectivity index (χ4n) is 4.00. The van der Waals surface area contributed by atoms with Gasteiger partial charge in [-0.3, -0.25) is 14.6 Å². The molecule has 0 unspecified atom stereocenters. The Bertz CT molecular complexity index is 1740. The summed E-state index contributed by atoms with van der Waals surface area (Å²) < 4.78 is 78.7. The van der Waals surface area contributed by atoms with Crippen LogP contribution in [-0.4, -0.2) is 58.6 Å². The van der Waals surface area contributed by atoms with Gasteiger partial charge in [0, 0.05) is 30.4 Å². The Balaban J connectivity index is 1.82. The molecule has 0 atom stereocenters. The van der Waals surface area contributed by atoms with Gasteiger partial charge in [0.1, 0.15) is 16.8 Å². The van der Waals surface area contributed by atoms with Crippen LogP contribution in [0.25, 0.3) is 10.9 Å². The normalized spacial score (nSPS) is 11.2. The average Bonchev–Trinajstić information content (AvgIpc) is 2.98. The van der Waals surface area contributed by atoms with Crippen LogP contribution in [0.2, 0.25) is 0 Å². The fourth-order valence-corrected chi connectivity index (χ4v) is 4.00. The van der Waals surface area contributed by atoms with Crippen molar-refractivity contribution in [3.8, 4) is 11.5 Å². The van der Waals surface area contributed by atoms with Gasteiger partial charge in [-0.05, 0) is 24.6 Å². The standard InChI is InChI=1S/C28H24F5N7O4/c1-5-19(41)37-16-12-34-10-13(2)23(16)39-27-36-11-14-8-15(38-26(24(14)40-27)35-7-6-28(31,32)33)25(42)20-21(29)17(43-3)9-18(44-4)22(20)30/h5,8-12H,1,6-7H2,2-4H3,(H,35,38)(H,37,41)(H,34,36,39,40). The van der Waals surface area contributed by atoms with Gasteiger partial charge < -0.3 is 25.4 Å². The first kappa shape index (κ1) is 31.5. The molecule has 0 fully saturated rings. The number of carbonyl (C=O) groups excluding carboxylic acids is 2. The highest BCUT2D eigenvalue weighted by Gasteiger charge is 2.29. The molecular weight excluding hydrogens is 593 g/mol. The SMILES string of the molecule is C=CC(=O)Nc1cncc(C)c1Nc1ncc2cc(C(=O)c3c(F)c(OC)cc(OC)c3F)nc(NCCC(F)(F)F)c2n1. The molecule has 3 heterocycles. The Morgan fingerprint density at radius 1 is 1.02 bits per heavy atom. The van der Waals surface area contributed by atoms with E-state index in [0.717, 1.165) is 32.4 Å². The van der Waals surface area contributed by atoms with Crippen molar-refractivity contribution < 1.29 is 41.0 Å². The number of hydrogen-bond acceptors (Lipinski definition) is 10. The van der Waals surface area contributed by atoms with E-state index in [0.29, 0.717) is 11.3 Å². The molecule has 0 radical (unpaired) electrons. The third-order valence-corrected chi connectivity index (χ3v) is 6.12. The number of ketones is 1. The molecule has 0 spiro atoms. The number of nitrogens with one attached hydrogen (secondary N) is 3. The summed E-state index contributed by atoms with van der Waals surface area (Å²) in [6.07, 6.45) is -0.623. The van der Waals surface area contributed by atoms with Crippen molar-refractivity contribution in [3.05, 3.63) is 71.8 Å². The predicted molar refractivity (Wildman–Crippen MR) is 150 cm³/mol. The summed E-state index contributed by atoms with van der Waals surface area (Å²) in [6.45, 7) is 4.43. The summed E-state index contributed by atoms with van der Waals surface area (Å²) in [6, 6.07) is 2.05. The summed E-state index contributed by atoms with van der Waals surface area (Å²) in [5, 5.41) is 8.12. The van der Waals surface area contributed by atoms with E-state index < -0.39 is 65.2 Å². The van der Waals surface area contributed by atoms with Crippen molar-refractivity contribution in [2.75, 3.05) is 36.7 Å². The zero-order valence-corrected chi connectivity index (χ0v) is 23.4. The van der Waals surface area contributed by atoms with Crippen LogP contribution in [0, 0.1) is 18.6 Å². The first-order valence-corrected chi connectivity index (χ1v) is 12.6. The molecule has 3 aromatic heterocycles. The third kappa shape index (κ3) is 6.79. The number of benzene rings is 1. The molecule has 3 N–H and O–H groups in total. The molecule has 0 aliphatic rings. The van der Waals surface area contributed by atoms with Gasteiger partial charge in [-0.1, -0.05) is 6.58 Å². The van der Waals surface area contributed by atoms with Crippen molar-refractivity contribution in [1.29, 1.82) is 0 Å². The molecule has 0 aliphatic carbocycles. The van der Waals surface area contributed by atoms with Crippen molar-refractivity contribution in [3.63, 3.8) is 0 Å². The highest BCUT2D eigenvalue weighted by Crippen LogP contribution is 2.34. The predicted octanol–water partition coefficient (Wildman–Crippen LogP) is 5.49. The molecule has 16 heteroatoms. The minimum absolute atomic E-state index is 0.0197. The lowest BCUT2D eigenvalue weighted by Gasteiger charge is -2.16. The topological polar surface area (TPSA) is 140 Å². The van der Waals surface area contributed by atoms with Crippen LogP contribution < -0.4 is 25.4 Å². The van der Waals surface area contributed by atoms with Crippen molar-refractivity contribution in [2.24, 2.45) is 0 Å². The number of methoxy groups -OCH3 is 2. The minimum atomic E-state index is -4.52. The van der Waals surface area contributed by atoms with Gasteiger partial charge in [-0.2, -0.15) is 13.2 Å². The van der Waals surface area contributed by atoms with Gasteiger partial charge >= 0.3 is 6.18 Å². The van der Waals surface area contributed by atoms with Crippen LogP contribution in [0.1, 0.15) is 28.0 Å². The van der Waals surface area contributed by atoms with E-state index in [1.807, 2.05) is 0 Å². The Kier molecular flexibility index (Phi) is 9.20. The maximum Gasteiger partial charge on any atom is 0.390 e. The lowest BCUT2D eigenvalue weighted by molar-refractivity contribution is -0.131. The Morgan fingerprint density at radius 2 is 1.70 bits per heavy atom. The summed E-state index contributed by atoms with van der Waals surface area (Å²) >= 11 is 0. The number of pyridine rings is 2. The highest BCUT2D eigenvalue weighted by atomic mass is 19.4. The Hall–Kier alpha value is -5.41. The van der Waals surface area contributed by atoms with E-state index in [2.05, 4.69) is 42.5 Å². The molecule has 4 rings (SSSR count). The van der Waals surface area contributed by atoms with Gasteiger partial charge in [0.25, 0.3) is 0 Å². The van der Waals surface area contributed by atoms with E-state index in [4.69, 9.17) is 9.47 Å². The van der Waals surface area contributed by atoms with Crippen molar-refractivity contribution in [1.82, 2.24) is 19.9 Å². The van der Waals surface area contributed by atoms with Gasteiger partial charge in [-0.25, -0.2) is 23.7 Å². The van der Waals surface area contributed by atoms with Crippen LogP contribution in [0.5, 0.6) is 11.5 Å². The molecule has 1 amide bonds. The van der Waals surface area contributed by atoms with Crippen LogP contribution >= 0.6 is 0 Å². The molecule has 4 aromatic rings. The molecular formula is C28H24F5N7O4. The number of nitrogens with zero attached hydrogens (tertiary/aromatic N) is 4. The summed E-state index contributed by atoms with van der Waals surface area (Å²) in [5.41, 5.74) is -0.387. The molecule has 230 valence electrons. The number of aryl methyl sites for hydroxylation is 1. The van der Waals surface area contributed by atoms with E-state index in [9.17, 15) is 22.8 Å². The number of carbonyl (C=O) groups is 2. The fraction of sp³-hybridized carbons (Fsp3) is 0.214. The largest absolute Gasteiger partial charge is 0.494 e. The monoisotopic (exact) mass is 617 g/mol. The van der Waals surface area contributed by atoms with Crippen LogP contribution in [0.3, 0.4) is 0 Å². The van der Waals surface area contributed by atoms with Gasteiger partial charge in [0.15, 0.2) is 29.0 Å². The van der Waals surface area contributed by atoms with Gasteiger partial charge in [-0.15, -0.1) is 0 Å². The first-order chi connectivity index (χ1) is 20.9. The van der Waals surface area contributed by atoms with Crippen LogP contribution in [0.15, 0.2) is 43.4 Å². The third-order valence-electron chi connectivity index (χ3n) is 6.12. The van der Waals surface area contributed by atoms with E-state index >= 15 is 8.78 Å². The second-order valence-corrected chi connectivity index (χ2v) is 9.09. The van der Waals surface area contributed by atoms with Crippen molar-refractivity contribution in [2.45, 2.75) is 19.5 Å². The second-order valence-electron chi connectivity index (χ2n) is 9.09. The van der Waals surface area contributed by atoms with Crippen LogP contribution in [0.4, 0.5) is 45.1 Å². The molecule has 0 saturated carbocycles. The first-order valence-electron chi connectivity index (χ1n) is 12.6. The van der Waals surface area contributed by atoms with Crippen LogP contribution in [-0.2, 0) is 4.79 Å². The molecule has 0 aliphatic heterocycles. The smallest absolute Gasteiger partial charge is 0.390 e. The number of ether oxygens (including phenoxy) is 2. The molecule has 44 heavy (non-hydrogen) atoms. The number of anilines is 4. The van der Waals surface area contributed by atoms with Gasteiger partial charge in [0.2, 0.25) is 17.6 Å². The molecule has 1 aromatic carbocycles. The average molecular weight is 618 g/mol. The number of amides is 1. The zero-order chi connectivity index (χ0) is 32.2. The quantitative estimate of drug-likeness (QED) is 0.113. The van der Waals surface area contributed by atoms with E-state index in [-0.39, 0.29) is 28.4 Å².